The normalized spacial score (nSPS) is 22.0. The molecule has 5 nitrogen and oxygen atoms in total. The maximum absolute atomic E-state index is 13.4. The molecule has 0 saturated carbocycles. The number of amides is 1. The summed E-state index contributed by atoms with van der Waals surface area (Å²) >= 11 is 1.01. The van der Waals surface area contributed by atoms with Gasteiger partial charge in [-0.15, -0.1) is 0 Å². The largest absolute Gasteiger partial charge is 0.342 e. The number of aromatic nitrogens is 1. The molecule has 1 saturated heterocycles. The van der Waals surface area contributed by atoms with Gasteiger partial charge in [0.1, 0.15) is 0 Å². The first-order chi connectivity index (χ1) is 11.5. The molecule has 24 heavy (non-hydrogen) atoms. The van der Waals surface area contributed by atoms with Gasteiger partial charge in [-0.3, -0.25) is 4.79 Å². The fourth-order valence-electron chi connectivity index (χ4n) is 3.77. The van der Waals surface area contributed by atoms with Crippen molar-refractivity contribution in [1.29, 1.82) is 5.26 Å². The minimum Gasteiger partial charge on any atom is -0.342 e. The van der Waals surface area contributed by atoms with E-state index in [2.05, 4.69) is 11.1 Å². The third-order valence-corrected chi connectivity index (χ3v) is 5.75. The van der Waals surface area contributed by atoms with E-state index in [9.17, 15) is 14.4 Å². The van der Waals surface area contributed by atoms with Crippen LogP contribution < -0.4 is 4.90 Å². The highest BCUT2D eigenvalue weighted by atomic mass is 32.1. The lowest BCUT2D eigenvalue weighted by molar-refractivity contribution is -0.127. The van der Waals surface area contributed by atoms with E-state index in [1.54, 1.807) is 13.0 Å². The summed E-state index contributed by atoms with van der Waals surface area (Å²) in [6.07, 6.45) is 2.06. The Morgan fingerprint density at radius 2 is 2.29 bits per heavy atom. The van der Waals surface area contributed by atoms with Crippen LogP contribution in [-0.2, 0) is 10.2 Å². The van der Waals surface area contributed by atoms with Crippen LogP contribution in [0.5, 0.6) is 0 Å². The van der Waals surface area contributed by atoms with E-state index in [0.29, 0.717) is 30.3 Å². The Kier molecular flexibility index (Phi) is 3.32. The zero-order valence-corrected chi connectivity index (χ0v) is 13.9. The first-order valence-electron chi connectivity index (χ1n) is 7.71. The summed E-state index contributed by atoms with van der Waals surface area (Å²) in [5, 5.41) is 9.53. The van der Waals surface area contributed by atoms with Gasteiger partial charge in [0, 0.05) is 37.7 Å². The van der Waals surface area contributed by atoms with Crippen molar-refractivity contribution < 1.29 is 9.18 Å². The van der Waals surface area contributed by atoms with Crippen molar-refractivity contribution in [2.45, 2.75) is 18.8 Å². The Balaban J connectivity index is 1.81. The van der Waals surface area contributed by atoms with Crippen molar-refractivity contribution in [2.75, 3.05) is 24.5 Å². The smallest absolute Gasteiger partial charge is 0.219 e. The van der Waals surface area contributed by atoms with E-state index in [4.69, 9.17) is 0 Å². The molecule has 0 radical (unpaired) electrons. The number of hydrogen-bond donors (Lipinski definition) is 0. The van der Waals surface area contributed by atoms with Crippen molar-refractivity contribution in [3.05, 3.63) is 40.7 Å². The second kappa shape index (κ2) is 5.28. The lowest BCUT2D eigenvalue weighted by Crippen LogP contribution is -2.36. The number of thiazole rings is 1. The Hall–Kier alpha value is -2.46. The van der Waals surface area contributed by atoms with Crippen LogP contribution in [0.2, 0.25) is 0 Å². The van der Waals surface area contributed by atoms with Gasteiger partial charge in [-0.1, -0.05) is 11.3 Å². The lowest BCUT2D eigenvalue weighted by Gasteiger charge is -2.25. The topological polar surface area (TPSA) is 60.2 Å². The van der Waals surface area contributed by atoms with E-state index < -0.39 is 0 Å². The van der Waals surface area contributed by atoms with E-state index in [0.717, 1.165) is 29.0 Å². The summed E-state index contributed by atoms with van der Waals surface area (Å²) < 4.78 is 13.4. The number of fused-ring (bicyclic) bond motifs is 2. The van der Waals surface area contributed by atoms with Crippen LogP contribution >= 0.6 is 11.3 Å². The molecule has 2 aromatic rings. The van der Waals surface area contributed by atoms with Crippen molar-refractivity contribution in [2.24, 2.45) is 0 Å². The SMILES string of the molecule is CC(=O)N1CCC2(C1)CN(c1ncc(F)s1)c1ccc(C#N)cc12. The quantitative estimate of drug-likeness (QED) is 0.799. The molecule has 1 unspecified atom stereocenters. The number of benzene rings is 1. The predicted octanol–water partition coefficient (Wildman–Crippen LogP) is 2.80. The van der Waals surface area contributed by atoms with Gasteiger partial charge in [0.2, 0.25) is 5.91 Å². The first-order valence-corrected chi connectivity index (χ1v) is 8.53. The van der Waals surface area contributed by atoms with Crippen molar-refractivity contribution in [1.82, 2.24) is 9.88 Å². The van der Waals surface area contributed by atoms with E-state index in [-0.39, 0.29) is 16.5 Å². The van der Waals surface area contributed by atoms with Gasteiger partial charge in [-0.25, -0.2) is 4.98 Å². The van der Waals surface area contributed by atoms with Crippen molar-refractivity contribution >= 4 is 28.1 Å². The fraction of sp³-hybridized carbons (Fsp3) is 0.353. The first kappa shape index (κ1) is 15.1. The summed E-state index contributed by atoms with van der Waals surface area (Å²) in [4.78, 5) is 19.8. The minimum absolute atomic E-state index is 0.0589. The molecular formula is C17H15FN4OS. The highest BCUT2D eigenvalue weighted by molar-refractivity contribution is 7.14. The van der Waals surface area contributed by atoms with Crippen LogP contribution in [0.3, 0.4) is 0 Å². The van der Waals surface area contributed by atoms with Crippen LogP contribution in [0, 0.1) is 16.5 Å². The predicted molar refractivity (Wildman–Crippen MR) is 88.8 cm³/mol. The maximum Gasteiger partial charge on any atom is 0.219 e. The number of halogens is 1. The number of hydrogen-bond acceptors (Lipinski definition) is 5. The Labute approximate surface area is 142 Å². The molecule has 0 N–H and O–H groups in total. The average molecular weight is 342 g/mol. The van der Waals surface area contributed by atoms with Crippen LogP contribution in [0.25, 0.3) is 0 Å². The van der Waals surface area contributed by atoms with Gasteiger partial charge in [0.15, 0.2) is 10.3 Å². The molecule has 7 heteroatoms. The molecule has 1 aromatic carbocycles. The number of nitriles is 1. The van der Waals surface area contributed by atoms with E-state index >= 15 is 0 Å². The summed E-state index contributed by atoms with van der Waals surface area (Å²) in [5.74, 6) is 0.0589. The molecule has 0 bridgehead atoms. The second-order valence-corrected chi connectivity index (χ2v) is 7.31. The van der Waals surface area contributed by atoms with Crippen molar-refractivity contribution in [3.8, 4) is 6.07 Å². The standard InChI is InChI=1S/C17H15FN4OS/c1-11(23)21-5-4-17(9-21)10-22(16-20-8-15(18)24-16)14-3-2-12(7-19)6-13(14)17/h2-3,6,8H,4-5,9-10H2,1H3. The third kappa shape index (κ3) is 2.18. The van der Waals surface area contributed by atoms with Gasteiger partial charge in [-0.2, -0.15) is 9.65 Å². The molecule has 1 aromatic heterocycles. The molecule has 1 spiro atoms. The number of anilines is 2. The van der Waals surface area contributed by atoms with Gasteiger partial charge in [0.05, 0.1) is 17.8 Å². The third-order valence-electron chi connectivity index (χ3n) is 4.94. The zero-order valence-electron chi connectivity index (χ0n) is 13.1. The second-order valence-electron chi connectivity index (χ2n) is 6.35. The molecule has 1 amide bonds. The molecule has 1 atom stereocenters. The van der Waals surface area contributed by atoms with Crippen LogP contribution in [0.1, 0.15) is 24.5 Å². The van der Waals surface area contributed by atoms with Gasteiger partial charge >= 0.3 is 0 Å². The fourth-order valence-corrected chi connectivity index (χ4v) is 4.43. The Morgan fingerprint density at radius 1 is 1.46 bits per heavy atom. The number of nitrogens with zero attached hydrogens (tertiary/aromatic N) is 4. The van der Waals surface area contributed by atoms with E-state index in [1.807, 2.05) is 21.9 Å². The average Bonchev–Trinajstić information content (AvgIpc) is 3.26. The molecule has 122 valence electrons. The molecule has 2 aliphatic rings. The summed E-state index contributed by atoms with van der Waals surface area (Å²) in [7, 11) is 0. The highest BCUT2D eigenvalue weighted by Crippen LogP contribution is 2.49. The van der Waals surface area contributed by atoms with Gasteiger partial charge in [0.25, 0.3) is 0 Å². The molecule has 0 aliphatic carbocycles. The monoisotopic (exact) mass is 342 g/mol. The van der Waals surface area contributed by atoms with Crippen LogP contribution in [0.4, 0.5) is 15.2 Å². The zero-order chi connectivity index (χ0) is 16.9. The summed E-state index contributed by atoms with van der Waals surface area (Å²) in [5.41, 5.74) is 2.38. The maximum atomic E-state index is 13.4. The van der Waals surface area contributed by atoms with Crippen LogP contribution in [-0.4, -0.2) is 35.4 Å². The number of rotatable bonds is 1. The molecular weight excluding hydrogens is 327 g/mol. The summed E-state index contributed by atoms with van der Waals surface area (Å²) in [6, 6.07) is 7.76. The summed E-state index contributed by atoms with van der Waals surface area (Å²) in [6.45, 7) is 3.54. The Bertz CT molecular complexity index is 874. The molecule has 1 fully saturated rings. The Morgan fingerprint density at radius 3 is 2.92 bits per heavy atom. The van der Waals surface area contributed by atoms with E-state index in [1.165, 1.54) is 6.20 Å². The highest BCUT2D eigenvalue weighted by Gasteiger charge is 2.48. The van der Waals surface area contributed by atoms with Crippen LogP contribution in [0.15, 0.2) is 24.4 Å². The van der Waals surface area contributed by atoms with Crippen molar-refractivity contribution in [3.63, 3.8) is 0 Å². The van der Waals surface area contributed by atoms with Gasteiger partial charge in [-0.05, 0) is 30.2 Å². The molecule has 2 aliphatic heterocycles. The molecule has 4 rings (SSSR count). The molecule has 3 heterocycles. The minimum atomic E-state index is -0.321. The van der Waals surface area contributed by atoms with Gasteiger partial charge < -0.3 is 9.80 Å². The number of carbonyl (C=O) groups is 1. The lowest BCUT2D eigenvalue weighted by atomic mass is 9.81. The number of likely N-dealkylation sites (tertiary alicyclic amines) is 1. The number of carbonyl (C=O) groups excluding carboxylic acids is 1.